The van der Waals surface area contributed by atoms with Gasteiger partial charge in [-0.1, -0.05) is 54.6 Å². The number of carbonyl (C=O) groups excluding carboxylic acids is 1. The molecule has 33 heavy (non-hydrogen) atoms. The highest BCUT2D eigenvalue weighted by molar-refractivity contribution is 5.86. The zero-order valence-electron chi connectivity index (χ0n) is 17.8. The minimum Gasteiger partial charge on any atom is -0.453 e. The van der Waals surface area contributed by atoms with E-state index >= 15 is 0 Å². The van der Waals surface area contributed by atoms with Crippen molar-refractivity contribution < 1.29 is 9.53 Å². The van der Waals surface area contributed by atoms with Crippen molar-refractivity contribution in [2.24, 2.45) is 0 Å². The van der Waals surface area contributed by atoms with Crippen molar-refractivity contribution in [1.82, 2.24) is 24.1 Å². The molecule has 8 heteroatoms. The molecule has 3 heterocycles. The molecule has 0 N–H and O–H groups in total. The highest BCUT2D eigenvalue weighted by atomic mass is 16.5. The molecule has 0 aliphatic rings. The highest BCUT2D eigenvalue weighted by Gasteiger charge is 2.20. The monoisotopic (exact) mass is 437 g/mol. The van der Waals surface area contributed by atoms with E-state index < -0.39 is 5.97 Å². The van der Waals surface area contributed by atoms with Crippen LogP contribution in [0.1, 0.15) is 21.9 Å². The van der Waals surface area contributed by atoms with Crippen LogP contribution in [0.5, 0.6) is 0 Å². The fourth-order valence-electron chi connectivity index (χ4n) is 3.46. The quantitative estimate of drug-likeness (QED) is 0.390. The number of hydrogen-bond donors (Lipinski definition) is 0. The smallest absolute Gasteiger partial charge is 0.378 e. The zero-order valence-corrected chi connectivity index (χ0v) is 17.8. The predicted octanol–water partition coefficient (Wildman–Crippen LogP) is 3.61. The molecule has 0 saturated heterocycles. The molecule has 0 radical (unpaired) electrons. The van der Waals surface area contributed by atoms with Gasteiger partial charge in [0.15, 0.2) is 5.82 Å². The van der Waals surface area contributed by atoms with Crippen molar-refractivity contribution in [2.45, 2.75) is 13.5 Å². The van der Waals surface area contributed by atoms with Gasteiger partial charge in [0.1, 0.15) is 12.3 Å². The number of para-hydroxylation sites is 1. The fraction of sp³-hybridized carbons (Fsp3) is 0.0800. The third kappa shape index (κ3) is 4.14. The first kappa shape index (κ1) is 20.3. The van der Waals surface area contributed by atoms with Gasteiger partial charge in [0.05, 0.1) is 11.4 Å². The first-order chi connectivity index (χ1) is 16.1. The van der Waals surface area contributed by atoms with Gasteiger partial charge in [0.25, 0.3) is 11.4 Å². The van der Waals surface area contributed by atoms with E-state index in [-0.39, 0.29) is 18.0 Å². The molecule has 0 bridgehead atoms. The van der Waals surface area contributed by atoms with Crippen molar-refractivity contribution in [1.29, 1.82) is 0 Å². The third-order valence-electron chi connectivity index (χ3n) is 5.03. The Kier molecular flexibility index (Phi) is 5.24. The first-order valence-corrected chi connectivity index (χ1v) is 10.3. The minimum atomic E-state index is -0.701. The number of ether oxygens (including phenoxy) is 1. The zero-order chi connectivity index (χ0) is 22.8. The van der Waals surface area contributed by atoms with Crippen LogP contribution in [0.3, 0.4) is 0 Å². The molecule has 0 amide bonds. The largest absolute Gasteiger partial charge is 0.453 e. The Hall–Kier alpha value is -4.59. The van der Waals surface area contributed by atoms with Gasteiger partial charge in [0.2, 0.25) is 0 Å². The van der Waals surface area contributed by atoms with Gasteiger partial charge in [-0.25, -0.2) is 19.4 Å². The van der Waals surface area contributed by atoms with E-state index in [0.29, 0.717) is 17.2 Å². The molecule has 5 aromatic rings. The predicted molar refractivity (Wildman–Crippen MR) is 122 cm³/mol. The number of benzene rings is 2. The van der Waals surface area contributed by atoms with Gasteiger partial charge in [-0.05, 0) is 30.7 Å². The minimum absolute atomic E-state index is 0.0779. The average molecular weight is 437 g/mol. The number of carbonyl (C=O) groups is 1. The Morgan fingerprint density at radius 3 is 2.42 bits per heavy atom. The van der Waals surface area contributed by atoms with E-state index in [4.69, 9.17) is 4.74 Å². The molecule has 0 aliphatic heterocycles. The second-order valence-corrected chi connectivity index (χ2v) is 7.47. The van der Waals surface area contributed by atoms with E-state index in [2.05, 4.69) is 15.1 Å². The molecule has 0 saturated carbocycles. The maximum absolute atomic E-state index is 12.8. The fourth-order valence-corrected chi connectivity index (χ4v) is 3.46. The number of aromatic nitrogens is 5. The van der Waals surface area contributed by atoms with E-state index in [0.717, 1.165) is 16.8 Å². The second-order valence-electron chi connectivity index (χ2n) is 7.47. The van der Waals surface area contributed by atoms with E-state index in [1.807, 2.05) is 73.7 Å². The van der Waals surface area contributed by atoms with Crippen LogP contribution in [0.15, 0.2) is 89.9 Å². The third-order valence-corrected chi connectivity index (χ3v) is 5.03. The summed E-state index contributed by atoms with van der Waals surface area (Å²) in [5, 5.41) is 4.39. The molecular weight excluding hydrogens is 418 g/mol. The second kappa shape index (κ2) is 8.51. The van der Waals surface area contributed by atoms with Gasteiger partial charge in [-0.3, -0.25) is 9.20 Å². The standard InChI is InChI=1S/C25H19N5O3/c1-17-12-13-21-26-19(14-22(31)29(21)15-17)16-33-25(32)23-27-24(18-8-4-2-5-9-18)30(28-23)20-10-6-3-7-11-20/h2-15H,16H2,1H3. The molecule has 0 spiro atoms. The molecule has 3 aromatic heterocycles. The van der Waals surface area contributed by atoms with Crippen LogP contribution >= 0.6 is 0 Å². The van der Waals surface area contributed by atoms with Crippen LogP contribution in [0, 0.1) is 6.92 Å². The van der Waals surface area contributed by atoms with E-state index in [1.54, 1.807) is 16.9 Å². The van der Waals surface area contributed by atoms with Crippen LogP contribution in [0.4, 0.5) is 0 Å². The Morgan fingerprint density at radius 2 is 1.67 bits per heavy atom. The SMILES string of the molecule is Cc1ccc2nc(COC(=O)c3nc(-c4ccccc4)n(-c4ccccc4)n3)cc(=O)n2c1. The Bertz CT molecular complexity index is 1450. The van der Waals surface area contributed by atoms with Gasteiger partial charge in [-0.2, -0.15) is 0 Å². The molecule has 2 aromatic carbocycles. The summed E-state index contributed by atoms with van der Waals surface area (Å²) in [7, 11) is 0. The van der Waals surface area contributed by atoms with Crippen LogP contribution < -0.4 is 5.56 Å². The molecular formula is C25H19N5O3. The van der Waals surface area contributed by atoms with E-state index in [9.17, 15) is 9.59 Å². The summed E-state index contributed by atoms with van der Waals surface area (Å²) in [6.07, 6.45) is 1.71. The molecule has 162 valence electrons. The summed E-state index contributed by atoms with van der Waals surface area (Å²) in [5.41, 5.74) is 3.11. The molecule has 5 rings (SSSR count). The summed E-state index contributed by atoms with van der Waals surface area (Å²) in [6, 6.07) is 23.9. The molecule has 0 unspecified atom stereocenters. The summed E-state index contributed by atoms with van der Waals surface area (Å²) in [5.74, 6) is -0.259. The lowest BCUT2D eigenvalue weighted by molar-refractivity contribution is 0.0453. The van der Waals surface area contributed by atoms with Gasteiger partial charge in [0, 0.05) is 17.8 Å². The molecule has 0 aliphatic carbocycles. The van der Waals surface area contributed by atoms with Crippen molar-refractivity contribution in [3.63, 3.8) is 0 Å². The first-order valence-electron chi connectivity index (χ1n) is 10.3. The highest BCUT2D eigenvalue weighted by Crippen LogP contribution is 2.21. The number of rotatable bonds is 5. The number of esters is 1. The van der Waals surface area contributed by atoms with Crippen LogP contribution in [-0.2, 0) is 11.3 Å². The number of nitrogens with zero attached hydrogens (tertiary/aromatic N) is 5. The Balaban J connectivity index is 1.43. The Labute approximate surface area is 188 Å². The average Bonchev–Trinajstić information content (AvgIpc) is 3.30. The maximum atomic E-state index is 12.8. The van der Waals surface area contributed by atoms with Gasteiger partial charge in [-0.15, -0.1) is 5.10 Å². The van der Waals surface area contributed by atoms with Crippen molar-refractivity contribution in [3.8, 4) is 17.1 Å². The summed E-state index contributed by atoms with van der Waals surface area (Å²) in [6.45, 7) is 1.73. The molecule has 0 fully saturated rings. The number of fused-ring (bicyclic) bond motifs is 1. The summed E-state index contributed by atoms with van der Waals surface area (Å²) >= 11 is 0. The molecule has 0 atom stereocenters. The van der Waals surface area contributed by atoms with Crippen molar-refractivity contribution >= 4 is 11.6 Å². The maximum Gasteiger partial charge on any atom is 0.378 e. The topological polar surface area (TPSA) is 91.4 Å². The van der Waals surface area contributed by atoms with Crippen molar-refractivity contribution in [2.75, 3.05) is 0 Å². The lowest BCUT2D eigenvalue weighted by Crippen LogP contribution is -2.17. The van der Waals surface area contributed by atoms with Gasteiger partial charge >= 0.3 is 5.97 Å². The lowest BCUT2D eigenvalue weighted by Gasteiger charge is -2.05. The lowest BCUT2D eigenvalue weighted by atomic mass is 10.2. The number of hydrogen-bond acceptors (Lipinski definition) is 6. The molecule has 8 nitrogen and oxygen atoms in total. The summed E-state index contributed by atoms with van der Waals surface area (Å²) in [4.78, 5) is 34.0. The van der Waals surface area contributed by atoms with Crippen LogP contribution in [0.25, 0.3) is 22.7 Å². The summed E-state index contributed by atoms with van der Waals surface area (Å²) < 4.78 is 8.45. The number of aryl methyl sites for hydroxylation is 1. The van der Waals surface area contributed by atoms with Crippen LogP contribution in [0.2, 0.25) is 0 Å². The van der Waals surface area contributed by atoms with E-state index in [1.165, 1.54) is 10.5 Å². The normalized spacial score (nSPS) is 10.9. The number of pyridine rings is 1. The van der Waals surface area contributed by atoms with Crippen LogP contribution in [-0.4, -0.2) is 30.1 Å². The van der Waals surface area contributed by atoms with Crippen molar-refractivity contribution in [3.05, 3.63) is 112 Å². The Morgan fingerprint density at radius 1 is 0.939 bits per heavy atom. The van der Waals surface area contributed by atoms with Gasteiger partial charge < -0.3 is 4.74 Å².